The van der Waals surface area contributed by atoms with Crippen molar-refractivity contribution in [1.29, 1.82) is 0 Å². The first kappa shape index (κ1) is 11.8. The van der Waals surface area contributed by atoms with Crippen LogP contribution in [0.2, 0.25) is 0 Å². The quantitative estimate of drug-likeness (QED) is 0.778. The van der Waals surface area contributed by atoms with Gasteiger partial charge in [-0.3, -0.25) is 4.79 Å². The first-order valence-corrected chi connectivity index (χ1v) is 5.89. The van der Waals surface area contributed by atoms with E-state index in [2.05, 4.69) is 5.32 Å². The molecule has 0 bridgehead atoms. The van der Waals surface area contributed by atoms with E-state index in [1.807, 2.05) is 19.1 Å². The van der Waals surface area contributed by atoms with E-state index in [0.29, 0.717) is 17.5 Å². The number of nitrogen functional groups attached to an aromatic ring is 1. The molecule has 4 nitrogen and oxygen atoms in total. The Morgan fingerprint density at radius 2 is 2.24 bits per heavy atom. The zero-order valence-electron chi connectivity index (χ0n) is 10.2. The molecule has 3 N–H and O–H groups in total. The third-order valence-electron chi connectivity index (χ3n) is 2.77. The monoisotopic (exact) mass is 234 g/mol. The van der Waals surface area contributed by atoms with Crippen molar-refractivity contribution in [2.75, 3.05) is 5.73 Å². The molecule has 1 unspecified atom stereocenters. The Labute approximate surface area is 101 Å². The number of carbonyl (C=O) groups is 1. The Hall–Kier alpha value is -1.71. The Kier molecular flexibility index (Phi) is 3.22. The van der Waals surface area contributed by atoms with Gasteiger partial charge in [0, 0.05) is 6.04 Å². The van der Waals surface area contributed by atoms with E-state index in [1.165, 1.54) is 0 Å². The SMILES string of the molecule is Cc1ccc(N)c(OC(C)C(=O)NC2CC2)c1. The van der Waals surface area contributed by atoms with Crippen molar-refractivity contribution in [3.63, 3.8) is 0 Å². The highest BCUT2D eigenvalue weighted by Crippen LogP contribution is 2.24. The highest BCUT2D eigenvalue weighted by atomic mass is 16.5. The molecule has 0 spiro atoms. The van der Waals surface area contributed by atoms with Gasteiger partial charge in [0.15, 0.2) is 6.10 Å². The predicted molar refractivity (Wildman–Crippen MR) is 66.8 cm³/mol. The summed E-state index contributed by atoms with van der Waals surface area (Å²) < 4.78 is 5.58. The van der Waals surface area contributed by atoms with Crippen molar-refractivity contribution in [3.8, 4) is 5.75 Å². The molecular weight excluding hydrogens is 216 g/mol. The van der Waals surface area contributed by atoms with Crippen LogP contribution in [0.15, 0.2) is 18.2 Å². The van der Waals surface area contributed by atoms with E-state index < -0.39 is 6.10 Å². The van der Waals surface area contributed by atoms with Crippen LogP contribution in [0.5, 0.6) is 5.75 Å². The number of nitrogens with one attached hydrogen (secondary N) is 1. The number of amides is 1. The second kappa shape index (κ2) is 4.65. The van der Waals surface area contributed by atoms with E-state index >= 15 is 0 Å². The number of ether oxygens (including phenoxy) is 1. The van der Waals surface area contributed by atoms with Crippen LogP contribution in [-0.4, -0.2) is 18.1 Å². The molecule has 92 valence electrons. The lowest BCUT2D eigenvalue weighted by Crippen LogP contribution is -2.37. The third-order valence-corrected chi connectivity index (χ3v) is 2.77. The van der Waals surface area contributed by atoms with Crippen molar-refractivity contribution in [2.24, 2.45) is 0 Å². The summed E-state index contributed by atoms with van der Waals surface area (Å²) in [6.07, 6.45) is 1.63. The van der Waals surface area contributed by atoms with Gasteiger partial charge < -0.3 is 15.8 Å². The highest BCUT2D eigenvalue weighted by molar-refractivity contribution is 5.81. The van der Waals surface area contributed by atoms with Gasteiger partial charge in [-0.1, -0.05) is 6.07 Å². The Balaban J connectivity index is 1.98. The average Bonchev–Trinajstić information content (AvgIpc) is 3.07. The first-order valence-electron chi connectivity index (χ1n) is 5.89. The van der Waals surface area contributed by atoms with Crippen LogP contribution in [-0.2, 0) is 4.79 Å². The van der Waals surface area contributed by atoms with Gasteiger partial charge in [0.1, 0.15) is 5.75 Å². The maximum Gasteiger partial charge on any atom is 0.260 e. The molecule has 1 fully saturated rings. The molecule has 1 saturated carbocycles. The minimum absolute atomic E-state index is 0.0755. The van der Waals surface area contributed by atoms with Crippen molar-refractivity contribution in [3.05, 3.63) is 23.8 Å². The van der Waals surface area contributed by atoms with E-state index in [1.54, 1.807) is 13.0 Å². The molecule has 1 atom stereocenters. The molecule has 4 heteroatoms. The van der Waals surface area contributed by atoms with Crippen LogP contribution in [0.25, 0.3) is 0 Å². The van der Waals surface area contributed by atoms with Crippen LogP contribution in [0.1, 0.15) is 25.3 Å². The highest BCUT2D eigenvalue weighted by Gasteiger charge is 2.26. The average molecular weight is 234 g/mol. The molecule has 0 saturated heterocycles. The van der Waals surface area contributed by atoms with Gasteiger partial charge in [0.2, 0.25) is 0 Å². The van der Waals surface area contributed by atoms with Gasteiger partial charge in [-0.15, -0.1) is 0 Å². The summed E-state index contributed by atoms with van der Waals surface area (Å²) >= 11 is 0. The smallest absolute Gasteiger partial charge is 0.260 e. The van der Waals surface area contributed by atoms with Crippen LogP contribution >= 0.6 is 0 Å². The predicted octanol–water partition coefficient (Wildman–Crippen LogP) is 1.62. The molecule has 0 aromatic heterocycles. The fourth-order valence-electron chi connectivity index (χ4n) is 1.53. The maximum absolute atomic E-state index is 11.7. The molecule has 0 radical (unpaired) electrons. The summed E-state index contributed by atoms with van der Waals surface area (Å²) in [6.45, 7) is 3.70. The summed E-state index contributed by atoms with van der Waals surface area (Å²) in [7, 11) is 0. The normalized spacial score (nSPS) is 16.4. The number of hydrogen-bond donors (Lipinski definition) is 2. The Morgan fingerprint density at radius 3 is 2.88 bits per heavy atom. The van der Waals surface area contributed by atoms with Crippen LogP contribution in [0.3, 0.4) is 0 Å². The lowest BCUT2D eigenvalue weighted by atomic mass is 10.2. The zero-order valence-corrected chi connectivity index (χ0v) is 10.2. The molecule has 17 heavy (non-hydrogen) atoms. The molecule has 1 aromatic rings. The lowest BCUT2D eigenvalue weighted by molar-refractivity contribution is -0.127. The number of carbonyl (C=O) groups excluding carboxylic acids is 1. The number of rotatable bonds is 4. The van der Waals surface area contributed by atoms with E-state index in [-0.39, 0.29) is 5.91 Å². The minimum atomic E-state index is -0.514. The summed E-state index contributed by atoms with van der Waals surface area (Å²) in [5.74, 6) is 0.497. The lowest BCUT2D eigenvalue weighted by Gasteiger charge is -2.16. The van der Waals surface area contributed by atoms with Crippen LogP contribution < -0.4 is 15.8 Å². The van der Waals surface area contributed by atoms with E-state index in [9.17, 15) is 4.79 Å². The number of anilines is 1. The number of nitrogens with two attached hydrogens (primary N) is 1. The molecule has 2 rings (SSSR count). The van der Waals surface area contributed by atoms with Gasteiger partial charge in [-0.25, -0.2) is 0 Å². The maximum atomic E-state index is 11.7. The molecular formula is C13H18N2O2. The molecule has 1 aromatic carbocycles. The van der Waals surface area contributed by atoms with Crippen LogP contribution in [0, 0.1) is 6.92 Å². The molecule has 1 aliphatic carbocycles. The minimum Gasteiger partial charge on any atom is -0.479 e. The topological polar surface area (TPSA) is 64.3 Å². The summed E-state index contributed by atoms with van der Waals surface area (Å²) in [5, 5.41) is 2.90. The Morgan fingerprint density at radius 1 is 1.53 bits per heavy atom. The fourth-order valence-corrected chi connectivity index (χ4v) is 1.53. The number of benzene rings is 1. The van der Waals surface area contributed by atoms with Crippen molar-refractivity contribution >= 4 is 11.6 Å². The van der Waals surface area contributed by atoms with Gasteiger partial charge in [-0.2, -0.15) is 0 Å². The van der Waals surface area contributed by atoms with E-state index in [4.69, 9.17) is 10.5 Å². The fraction of sp³-hybridized carbons (Fsp3) is 0.462. The van der Waals surface area contributed by atoms with Gasteiger partial charge >= 0.3 is 0 Å². The third kappa shape index (κ3) is 3.12. The summed E-state index contributed by atoms with van der Waals surface area (Å²) in [5.41, 5.74) is 7.41. The first-order chi connectivity index (χ1) is 8.06. The molecule has 1 amide bonds. The van der Waals surface area contributed by atoms with Gasteiger partial charge in [0.25, 0.3) is 5.91 Å². The summed E-state index contributed by atoms with van der Waals surface area (Å²) in [4.78, 5) is 11.7. The summed E-state index contributed by atoms with van der Waals surface area (Å²) in [6, 6.07) is 5.90. The van der Waals surface area contributed by atoms with Crippen molar-refractivity contribution in [1.82, 2.24) is 5.32 Å². The number of hydrogen-bond acceptors (Lipinski definition) is 3. The standard InChI is InChI=1S/C13H18N2O2/c1-8-3-6-11(14)12(7-8)17-9(2)13(16)15-10-4-5-10/h3,6-7,9-10H,4-5,14H2,1-2H3,(H,15,16). The molecule has 0 aliphatic heterocycles. The Bertz CT molecular complexity index is 427. The number of aryl methyl sites for hydroxylation is 1. The van der Waals surface area contributed by atoms with Crippen LogP contribution in [0.4, 0.5) is 5.69 Å². The molecule has 1 aliphatic rings. The van der Waals surface area contributed by atoms with E-state index in [0.717, 1.165) is 18.4 Å². The molecule has 0 heterocycles. The van der Waals surface area contributed by atoms with Gasteiger partial charge in [0.05, 0.1) is 5.69 Å². The van der Waals surface area contributed by atoms with Crippen molar-refractivity contribution < 1.29 is 9.53 Å². The zero-order chi connectivity index (χ0) is 12.4. The largest absolute Gasteiger partial charge is 0.479 e. The van der Waals surface area contributed by atoms with Crippen molar-refractivity contribution in [2.45, 2.75) is 38.8 Å². The van der Waals surface area contributed by atoms with Gasteiger partial charge in [-0.05, 0) is 44.4 Å². The second-order valence-corrected chi connectivity index (χ2v) is 4.58. The second-order valence-electron chi connectivity index (χ2n) is 4.58.